The Morgan fingerprint density at radius 1 is 0.806 bits per heavy atom. The quantitative estimate of drug-likeness (QED) is 0.273. The number of hydrogen-bond donors (Lipinski definition) is 0. The Bertz CT molecular complexity index is 1280. The highest BCUT2D eigenvalue weighted by atomic mass is 16.5. The van der Waals surface area contributed by atoms with E-state index in [2.05, 4.69) is 54.6 Å². The smallest absolute Gasteiger partial charge is 0.310 e. The Kier molecular flexibility index (Phi) is 6.02. The summed E-state index contributed by atoms with van der Waals surface area (Å²) in [4.78, 5) is 25.9. The second kappa shape index (κ2) is 9.21. The van der Waals surface area contributed by atoms with E-state index < -0.39 is 0 Å². The lowest BCUT2D eigenvalue weighted by atomic mass is 9.50. The zero-order valence-corrected chi connectivity index (χ0v) is 21.5. The van der Waals surface area contributed by atoms with Crippen LogP contribution in [0, 0.1) is 35.5 Å². The number of hydrogen-bond acceptors (Lipinski definition) is 4. The van der Waals surface area contributed by atoms with Gasteiger partial charge in [-0.2, -0.15) is 0 Å². The van der Waals surface area contributed by atoms with Gasteiger partial charge in [0.2, 0.25) is 0 Å². The zero-order valence-electron chi connectivity index (χ0n) is 21.5. The molecule has 0 spiro atoms. The lowest BCUT2D eigenvalue weighted by molar-refractivity contribution is -0.191. The van der Waals surface area contributed by atoms with Gasteiger partial charge in [0.1, 0.15) is 12.2 Å². The van der Waals surface area contributed by atoms with E-state index in [-0.39, 0.29) is 36.0 Å². The molecule has 7 rings (SSSR count). The summed E-state index contributed by atoms with van der Waals surface area (Å²) in [5.41, 5.74) is 1.03. The van der Waals surface area contributed by atoms with E-state index in [0.29, 0.717) is 23.7 Å². The molecule has 4 aliphatic rings. The summed E-state index contributed by atoms with van der Waals surface area (Å²) in [7, 11) is 0. The number of carbonyl (C=O) groups is 2. The van der Waals surface area contributed by atoms with Gasteiger partial charge in [-0.3, -0.25) is 9.59 Å². The maximum atomic E-state index is 13.4. The first-order valence-electron chi connectivity index (χ1n) is 13.7. The summed E-state index contributed by atoms with van der Waals surface area (Å²) in [6, 6.07) is 19.2. The molecular weight excluding hydrogens is 448 g/mol. The molecular formula is C32H36O4. The van der Waals surface area contributed by atoms with E-state index in [1.165, 1.54) is 21.5 Å². The van der Waals surface area contributed by atoms with Crippen molar-refractivity contribution >= 4 is 33.5 Å². The Labute approximate surface area is 213 Å². The number of rotatable bonds is 6. The second-order valence-corrected chi connectivity index (χ2v) is 11.6. The molecule has 0 aliphatic heterocycles. The van der Waals surface area contributed by atoms with Gasteiger partial charge >= 0.3 is 11.9 Å². The summed E-state index contributed by atoms with van der Waals surface area (Å²) < 4.78 is 12.1. The van der Waals surface area contributed by atoms with Gasteiger partial charge in [0.05, 0.1) is 11.8 Å². The normalized spacial score (nSPS) is 30.3. The van der Waals surface area contributed by atoms with Gasteiger partial charge in [-0.25, -0.2) is 0 Å². The maximum absolute atomic E-state index is 13.4. The highest BCUT2D eigenvalue weighted by Crippen LogP contribution is 2.58. The molecule has 3 aromatic rings. The number of esters is 2. The van der Waals surface area contributed by atoms with Crippen LogP contribution in [-0.2, 0) is 19.1 Å². The third-order valence-corrected chi connectivity index (χ3v) is 9.40. The van der Waals surface area contributed by atoms with Crippen LogP contribution in [0.5, 0.6) is 0 Å². The van der Waals surface area contributed by atoms with Crippen LogP contribution in [0.15, 0.2) is 54.6 Å². The van der Waals surface area contributed by atoms with Crippen molar-refractivity contribution in [3.63, 3.8) is 0 Å². The van der Waals surface area contributed by atoms with Crippen LogP contribution < -0.4 is 0 Å². The molecule has 0 heterocycles. The highest BCUT2D eigenvalue weighted by Gasteiger charge is 2.57. The molecule has 4 nitrogen and oxygen atoms in total. The van der Waals surface area contributed by atoms with Gasteiger partial charge in [-0.15, -0.1) is 0 Å². The fourth-order valence-corrected chi connectivity index (χ4v) is 7.36. The van der Waals surface area contributed by atoms with Crippen LogP contribution in [0.1, 0.15) is 64.5 Å². The number of benzene rings is 3. The average Bonchev–Trinajstić information content (AvgIpc) is 2.87. The van der Waals surface area contributed by atoms with Crippen LogP contribution in [0.4, 0.5) is 0 Å². The molecule has 4 aliphatic carbocycles. The first-order valence-corrected chi connectivity index (χ1v) is 13.7. The van der Waals surface area contributed by atoms with Crippen LogP contribution in [-0.4, -0.2) is 18.0 Å². The molecule has 0 radical (unpaired) electrons. The third-order valence-electron chi connectivity index (χ3n) is 9.40. The molecule has 4 fully saturated rings. The predicted molar refractivity (Wildman–Crippen MR) is 141 cm³/mol. The van der Waals surface area contributed by atoms with E-state index in [1.54, 1.807) is 0 Å². The third kappa shape index (κ3) is 4.09. The zero-order chi connectivity index (χ0) is 25.0. The van der Waals surface area contributed by atoms with Crippen LogP contribution in [0.25, 0.3) is 21.5 Å². The van der Waals surface area contributed by atoms with Gasteiger partial charge in [0.25, 0.3) is 0 Å². The van der Waals surface area contributed by atoms with Crippen molar-refractivity contribution in [2.75, 3.05) is 0 Å². The topological polar surface area (TPSA) is 52.6 Å². The lowest BCUT2D eigenvalue weighted by Gasteiger charge is -2.56. The molecule has 2 atom stereocenters. The van der Waals surface area contributed by atoms with Gasteiger partial charge in [-0.05, 0) is 108 Å². The number of ether oxygens (including phenoxy) is 2. The fourth-order valence-electron chi connectivity index (χ4n) is 7.36. The minimum absolute atomic E-state index is 0.0180. The molecule has 4 heteroatoms. The summed E-state index contributed by atoms with van der Waals surface area (Å²) in [6.07, 6.45) is 4.47. The monoisotopic (exact) mass is 484 g/mol. The first kappa shape index (κ1) is 23.5. The van der Waals surface area contributed by atoms with Crippen molar-refractivity contribution in [2.45, 2.75) is 65.1 Å². The molecule has 0 amide bonds. The van der Waals surface area contributed by atoms with Crippen molar-refractivity contribution in [1.29, 1.82) is 0 Å². The highest BCUT2D eigenvalue weighted by molar-refractivity contribution is 5.98. The Hall–Kier alpha value is -2.88. The van der Waals surface area contributed by atoms with Crippen LogP contribution in [0.3, 0.4) is 0 Å². The lowest BCUT2D eigenvalue weighted by Crippen LogP contribution is -2.56. The van der Waals surface area contributed by atoms with Crippen molar-refractivity contribution in [2.24, 2.45) is 35.5 Å². The molecule has 4 bridgehead atoms. The van der Waals surface area contributed by atoms with Gasteiger partial charge in [-0.1, -0.05) is 50.2 Å². The van der Waals surface area contributed by atoms with Gasteiger partial charge in [0, 0.05) is 0 Å². The maximum Gasteiger partial charge on any atom is 0.310 e. The number of carbonyl (C=O) groups excluding carboxylic acids is 2. The van der Waals surface area contributed by atoms with Crippen molar-refractivity contribution in [3.05, 3.63) is 60.2 Å². The van der Waals surface area contributed by atoms with Crippen molar-refractivity contribution in [1.82, 2.24) is 0 Å². The van der Waals surface area contributed by atoms with Gasteiger partial charge < -0.3 is 9.47 Å². The Morgan fingerprint density at radius 2 is 1.39 bits per heavy atom. The van der Waals surface area contributed by atoms with Crippen molar-refractivity contribution < 1.29 is 19.1 Å². The molecule has 2 unspecified atom stereocenters. The van der Waals surface area contributed by atoms with E-state index in [9.17, 15) is 9.59 Å². The predicted octanol–water partition coefficient (Wildman–Crippen LogP) is 7.24. The molecule has 36 heavy (non-hydrogen) atoms. The summed E-state index contributed by atoms with van der Waals surface area (Å²) in [5, 5.41) is 4.81. The standard InChI is InChI=1S/C32H36O4/c1-4-18(2)31(33)36-30-27-14-25-15-28(30)17-26(16-27)29(25)32(34)35-19(3)20-9-10-23-12-21-7-5-6-8-22(21)13-24(23)11-20/h5-13,18-19,25-30H,4,14-17H2,1-3H3. The molecule has 188 valence electrons. The number of fused-ring (bicyclic) bond motifs is 2. The minimum atomic E-state index is -0.283. The first-order chi connectivity index (χ1) is 17.4. The largest absolute Gasteiger partial charge is 0.462 e. The van der Waals surface area contributed by atoms with Gasteiger partial charge in [0.15, 0.2) is 0 Å². The summed E-state index contributed by atoms with van der Waals surface area (Å²) >= 11 is 0. The van der Waals surface area contributed by atoms with E-state index >= 15 is 0 Å². The molecule has 0 aromatic heterocycles. The van der Waals surface area contributed by atoms with Crippen molar-refractivity contribution in [3.8, 4) is 0 Å². The minimum Gasteiger partial charge on any atom is -0.462 e. The summed E-state index contributed by atoms with van der Waals surface area (Å²) in [6.45, 7) is 5.96. The second-order valence-electron chi connectivity index (χ2n) is 11.6. The van der Waals surface area contributed by atoms with E-state index in [1.807, 2.05) is 20.8 Å². The SMILES string of the molecule is CCC(C)C(=O)OC1C2CC3CC1CC(C2)C3C(=O)OC(C)c1ccc2cc3ccccc3cc2c1. The molecule has 4 saturated carbocycles. The molecule has 0 saturated heterocycles. The molecule has 0 N–H and O–H groups in total. The Morgan fingerprint density at radius 3 is 2.00 bits per heavy atom. The van der Waals surface area contributed by atoms with E-state index in [0.717, 1.165) is 37.7 Å². The van der Waals surface area contributed by atoms with Crippen LogP contribution >= 0.6 is 0 Å². The fraction of sp³-hybridized carbons (Fsp3) is 0.500. The van der Waals surface area contributed by atoms with Crippen LogP contribution in [0.2, 0.25) is 0 Å². The van der Waals surface area contributed by atoms with E-state index in [4.69, 9.17) is 9.47 Å². The molecule has 3 aromatic carbocycles. The Balaban J connectivity index is 1.13. The summed E-state index contributed by atoms with van der Waals surface area (Å²) in [5.74, 6) is 1.36. The average molecular weight is 485 g/mol.